The van der Waals surface area contributed by atoms with Gasteiger partial charge in [0.25, 0.3) is 5.92 Å². The third-order valence-electron chi connectivity index (χ3n) is 1.99. The van der Waals surface area contributed by atoms with Crippen molar-refractivity contribution in [3.8, 4) is 0 Å². The molecule has 0 bridgehead atoms. The van der Waals surface area contributed by atoms with Crippen LogP contribution in [-0.2, 0) is 6.54 Å². The van der Waals surface area contributed by atoms with Crippen LogP contribution in [-0.4, -0.2) is 20.7 Å². The van der Waals surface area contributed by atoms with Gasteiger partial charge >= 0.3 is 0 Å². The van der Waals surface area contributed by atoms with Crippen LogP contribution in [0.1, 0.15) is 6.42 Å². The molecule has 1 aliphatic carbocycles. The maximum atomic E-state index is 12.5. The highest BCUT2D eigenvalue weighted by Crippen LogP contribution is 2.49. The van der Waals surface area contributed by atoms with Gasteiger partial charge in [-0.3, -0.25) is 0 Å². The first-order valence-corrected chi connectivity index (χ1v) is 4.52. The van der Waals surface area contributed by atoms with Crippen molar-refractivity contribution in [3.05, 3.63) is 4.73 Å². The maximum absolute atomic E-state index is 12.5. The van der Waals surface area contributed by atoms with Crippen LogP contribution >= 0.6 is 15.9 Å². The number of halogens is 3. The summed E-state index contributed by atoms with van der Waals surface area (Å²) in [4.78, 5) is 3.74. The number of nitrogens with two attached hydrogens (primary N) is 1. The molecule has 1 unspecified atom stereocenters. The zero-order chi connectivity index (χ0) is 9.64. The molecule has 4 nitrogen and oxygen atoms in total. The van der Waals surface area contributed by atoms with Crippen LogP contribution in [0, 0.1) is 5.92 Å². The van der Waals surface area contributed by atoms with Gasteiger partial charge in [-0.1, -0.05) is 0 Å². The summed E-state index contributed by atoms with van der Waals surface area (Å²) in [7, 11) is 0. The minimum Gasteiger partial charge on any atom is -0.366 e. The lowest BCUT2D eigenvalue weighted by molar-refractivity contribution is 0.0940. The molecule has 72 valence electrons. The molecular formula is C6H7BrF2N4. The Kier molecular flexibility index (Phi) is 1.79. The predicted molar refractivity (Wildman–Crippen MR) is 45.2 cm³/mol. The van der Waals surface area contributed by atoms with E-state index in [-0.39, 0.29) is 18.9 Å². The second-order valence-corrected chi connectivity index (χ2v) is 3.79. The van der Waals surface area contributed by atoms with E-state index in [0.717, 1.165) is 0 Å². The van der Waals surface area contributed by atoms with E-state index >= 15 is 0 Å². The number of aromatic nitrogens is 3. The van der Waals surface area contributed by atoms with Gasteiger partial charge < -0.3 is 5.73 Å². The molecule has 0 spiro atoms. The fourth-order valence-corrected chi connectivity index (χ4v) is 1.54. The highest BCUT2D eigenvalue weighted by molar-refractivity contribution is 9.10. The highest BCUT2D eigenvalue weighted by atomic mass is 79.9. The average molecular weight is 253 g/mol. The lowest BCUT2D eigenvalue weighted by Crippen LogP contribution is -2.07. The molecule has 13 heavy (non-hydrogen) atoms. The third kappa shape index (κ3) is 1.65. The maximum Gasteiger partial charge on any atom is 0.253 e. The number of rotatable bonds is 2. The van der Waals surface area contributed by atoms with Gasteiger partial charge in [0, 0.05) is 12.3 Å². The van der Waals surface area contributed by atoms with Gasteiger partial charge in [0.05, 0.1) is 6.54 Å². The highest BCUT2D eigenvalue weighted by Gasteiger charge is 2.57. The van der Waals surface area contributed by atoms with E-state index in [9.17, 15) is 8.78 Å². The van der Waals surface area contributed by atoms with E-state index in [1.54, 1.807) is 0 Å². The molecule has 1 aliphatic rings. The standard InChI is InChI=1S/C6H7BrF2N4/c7-4-11-5(10)12-13(4)2-3-1-6(3,8)9/h3H,1-2H2,(H2,10,12). The molecule has 1 heterocycles. The fourth-order valence-electron chi connectivity index (χ4n) is 1.13. The second-order valence-electron chi connectivity index (χ2n) is 3.08. The van der Waals surface area contributed by atoms with Crippen LogP contribution in [0.2, 0.25) is 0 Å². The molecule has 0 aliphatic heterocycles. The molecule has 0 radical (unpaired) electrons. The van der Waals surface area contributed by atoms with E-state index in [0.29, 0.717) is 4.73 Å². The summed E-state index contributed by atoms with van der Waals surface area (Å²) in [6.45, 7) is 0.164. The summed E-state index contributed by atoms with van der Waals surface area (Å²) in [5.74, 6) is -3.05. The summed E-state index contributed by atoms with van der Waals surface area (Å²) in [6.07, 6.45) is -0.0702. The number of nitrogen functional groups attached to an aromatic ring is 1. The molecule has 2 N–H and O–H groups in total. The zero-order valence-corrected chi connectivity index (χ0v) is 8.13. The fraction of sp³-hybridized carbons (Fsp3) is 0.667. The Hall–Kier alpha value is -0.720. The lowest BCUT2D eigenvalue weighted by atomic mass is 10.4. The molecule has 0 saturated heterocycles. The number of hydrogen-bond donors (Lipinski definition) is 1. The summed E-state index contributed by atoms with van der Waals surface area (Å²) >= 11 is 3.08. The summed E-state index contributed by atoms with van der Waals surface area (Å²) in [6, 6.07) is 0. The Morgan fingerprint density at radius 2 is 2.31 bits per heavy atom. The van der Waals surface area contributed by atoms with E-state index < -0.39 is 11.8 Å². The topological polar surface area (TPSA) is 56.7 Å². The average Bonchev–Trinajstić information content (AvgIpc) is 2.43. The van der Waals surface area contributed by atoms with Crippen LogP contribution in [0.3, 0.4) is 0 Å². The summed E-state index contributed by atoms with van der Waals surface area (Å²) < 4.78 is 26.8. The molecule has 7 heteroatoms. The van der Waals surface area contributed by atoms with Crippen LogP contribution in [0.15, 0.2) is 4.73 Å². The van der Waals surface area contributed by atoms with Crippen molar-refractivity contribution >= 4 is 21.9 Å². The smallest absolute Gasteiger partial charge is 0.253 e. The van der Waals surface area contributed by atoms with Gasteiger partial charge in [-0.25, -0.2) is 13.5 Å². The van der Waals surface area contributed by atoms with Crippen molar-refractivity contribution < 1.29 is 8.78 Å². The van der Waals surface area contributed by atoms with E-state index in [4.69, 9.17) is 5.73 Å². The van der Waals surface area contributed by atoms with Gasteiger partial charge in [-0.15, -0.1) is 5.10 Å². The molecule has 0 amide bonds. The number of alkyl halides is 2. The molecule has 1 saturated carbocycles. The van der Waals surface area contributed by atoms with Gasteiger partial charge in [-0.2, -0.15) is 4.98 Å². The van der Waals surface area contributed by atoms with Crippen molar-refractivity contribution in [3.63, 3.8) is 0 Å². The van der Waals surface area contributed by atoms with Crippen LogP contribution in [0.4, 0.5) is 14.7 Å². The van der Waals surface area contributed by atoms with Crippen molar-refractivity contribution in [2.45, 2.75) is 18.9 Å². The van der Waals surface area contributed by atoms with Gasteiger partial charge in [0.2, 0.25) is 5.95 Å². The number of nitrogens with zero attached hydrogens (tertiary/aromatic N) is 3. The van der Waals surface area contributed by atoms with E-state index in [2.05, 4.69) is 26.0 Å². The lowest BCUT2D eigenvalue weighted by Gasteiger charge is -1.99. The minimum atomic E-state index is -2.53. The molecular weight excluding hydrogens is 246 g/mol. The Morgan fingerprint density at radius 3 is 2.69 bits per heavy atom. The second kappa shape index (κ2) is 2.63. The van der Waals surface area contributed by atoms with Gasteiger partial charge in [0.15, 0.2) is 4.73 Å². The molecule has 1 aromatic rings. The van der Waals surface area contributed by atoms with Crippen LogP contribution < -0.4 is 5.73 Å². The quantitative estimate of drug-likeness (QED) is 0.863. The zero-order valence-electron chi connectivity index (χ0n) is 6.54. The first kappa shape index (κ1) is 8.86. The molecule has 1 aromatic heterocycles. The van der Waals surface area contributed by atoms with Crippen molar-refractivity contribution in [2.24, 2.45) is 5.92 Å². The number of hydrogen-bond acceptors (Lipinski definition) is 3. The van der Waals surface area contributed by atoms with Crippen molar-refractivity contribution in [1.29, 1.82) is 0 Å². The Morgan fingerprint density at radius 1 is 1.69 bits per heavy atom. The number of anilines is 1. The van der Waals surface area contributed by atoms with E-state index in [1.165, 1.54) is 4.68 Å². The van der Waals surface area contributed by atoms with Gasteiger partial charge in [-0.05, 0) is 15.9 Å². The van der Waals surface area contributed by atoms with Crippen LogP contribution in [0.5, 0.6) is 0 Å². The Balaban J connectivity index is 2.07. The van der Waals surface area contributed by atoms with Crippen LogP contribution in [0.25, 0.3) is 0 Å². The van der Waals surface area contributed by atoms with Gasteiger partial charge in [0.1, 0.15) is 0 Å². The van der Waals surface area contributed by atoms with E-state index in [1.807, 2.05) is 0 Å². The Bertz CT molecular complexity index is 337. The minimum absolute atomic E-state index is 0.0702. The third-order valence-corrected chi connectivity index (χ3v) is 2.58. The summed E-state index contributed by atoms with van der Waals surface area (Å²) in [5, 5.41) is 3.76. The molecule has 0 aromatic carbocycles. The molecule has 2 rings (SSSR count). The van der Waals surface area contributed by atoms with Crippen molar-refractivity contribution in [2.75, 3.05) is 5.73 Å². The first-order valence-electron chi connectivity index (χ1n) is 3.73. The largest absolute Gasteiger partial charge is 0.366 e. The monoisotopic (exact) mass is 252 g/mol. The molecule has 1 atom stereocenters. The summed E-state index contributed by atoms with van der Waals surface area (Å²) in [5.41, 5.74) is 5.28. The molecule has 1 fully saturated rings. The first-order chi connectivity index (χ1) is 5.99. The Labute approximate surface area is 81.3 Å². The SMILES string of the molecule is Nc1nc(Br)n(CC2CC2(F)F)n1. The normalized spacial score (nSPS) is 24.7. The van der Waals surface area contributed by atoms with Crippen molar-refractivity contribution in [1.82, 2.24) is 14.8 Å². The predicted octanol–water partition coefficient (Wildman–Crippen LogP) is 1.28.